The molecule has 0 aliphatic heterocycles. The number of carboxylic acids is 3. The van der Waals surface area contributed by atoms with E-state index in [9.17, 15) is 34.6 Å². The minimum absolute atomic E-state index is 0. The molecule has 0 spiro atoms. The maximum absolute atomic E-state index is 10.7. The molecule has 0 radical (unpaired) electrons. The van der Waals surface area contributed by atoms with Gasteiger partial charge in [0.15, 0.2) is 0 Å². The highest BCUT2D eigenvalue weighted by Gasteiger charge is 2.23. The second-order valence-corrected chi connectivity index (χ2v) is 8.59. The van der Waals surface area contributed by atoms with Gasteiger partial charge in [0, 0.05) is 48.9 Å². The van der Waals surface area contributed by atoms with Crippen molar-refractivity contribution in [2.45, 2.75) is 41.5 Å². The Kier molecular flexibility index (Phi) is 18.9. The number of hydrogen-bond acceptors (Lipinski definition) is 7. The number of aryl methyl sites for hydroxylation is 5. The number of nitro benzene ring substituents is 2. The maximum Gasteiger partial charge on any atom is 0.342 e. The van der Waals surface area contributed by atoms with Crippen molar-refractivity contribution in [3.63, 3.8) is 0 Å². The van der Waals surface area contributed by atoms with Crippen LogP contribution in [-0.4, -0.2) is 43.1 Å². The summed E-state index contributed by atoms with van der Waals surface area (Å²) in [4.78, 5) is 51.7. The first-order valence-electron chi connectivity index (χ1n) is 11.4. The summed E-state index contributed by atoms with van der Waals surface area (Å²) in [6.45, 7) is 10.5. The minimum Gasteiger partial charge on any atom is -0.478 e. The Morgan fingerprint density at radius 1 is 0.619 bits per heavy atom. The van der Waals surface area contributed by atoms with Crippen molar-refractivity contribution in [3.05, 3.63) is 113 Å². The number of carboxylic acid groups (broad SMARTS) is 3. The van der Waals surface area contributed by atoms with E-state index in [0.29, 0.717) is 22.3 Å². The summed E-state index contributed by atoms with van der Waals surface area (Å²) in [5.74, 6) is -3.42. The zero-order valence-electron chi connectivity index (χ0n) is 23.3. The van der Waals surface area contributed by atoms with Crippen molar-refractivity contribution in [2.24, 2.45) is 0 Å². The number of rotatable bonds is 5. The predicted molar refractivity (Wildman–Crippen MR) is 185 cm³/mol. The number of benzene rings is 3. The van der Waals surface area contributed by atoms with Crippen LogP contribution in [0.3, 0.4) is 0 Å². The van der Waals surface area contributed by atoms with Crippen molar-refractivity contribution in [1.29, 1.82) is 0 Å². The molecule has 0 saturated heterocycles. The topological polar surface area (TPSA) is 198 Å². The van der Waals surface area contributed by atoms with Crippen molar-refractivity contribution in [1.82, 2.24) is 0 Å². The molecule has 0 bridgehead atoms. The van der Waals surface area contributed by atoms with Crippen LogP contribution >= 0.6 is 61.2 Å². The van der Waals surface area contributed by atoms with E-state index in [0.717, 1.165) is 16.7 Å². The SMILES string of the molecule is Cc1cc(C(=O)O)c([N+](=O)[O-])cc1C.Cc1ccc(C(=O)O)c([N+](=O)[O-])c1C.Cc1ccc(C(=O)O)cc1C.I.II. The molecule has 12 nitrogen and oxygen atoms in total. The predicted octanol–water partition coefficient (Wildman–Crippen LogP) is 8.21. The molecular formula is C27H29I3N2O10. The summed E-state index contributed by atoms with van der Waals surface area (Å²) in [7, 11) is 0. The van der Waals surface area contributed by atoms with E-state index in [1.807, 2.05) is 19.9 Å². The van der Waals surface area contributed by atoms with Gasteiger partial charge in [0.05, 0.1) is 15.4 Å². The molecular weight excluding hydrogens is 893 g/mol. The van der Waals surface area contributed by atoms with Gasteiger partial charge < -0.3 is 15.3 Å². The first kappa shape index (κ1) is 41.2. The van der Waals surface area contributed by atoms with E-state index in [2.05, 4.69) is 37.2 Å². The Balaban J connectivity index is 0. The Hall–Kier alpha value is -2.94. The van der Waals surface area contributed by atoms with E-state index in [1.165, 1.54) is 18.2 Å². The standard InChI is InChI=1S/2C9H9NO4.C9H10O2.I2.HI/c1-5-3-7(9(11)12)8(10(13)14)4-6(5)2;1-5-3-4-7(9(11)12)8(6(5)2)10(13)14;1-6-3-4-8(9(10)11)5-7(6)2;1-2;/h2*3-4H,1-2H3,(H,11,12);3-5H,1-2H3,(H,10,11);;1H. The monoisotopic (exact) mass is 922 g/mol. The van der Waals surface area contributed by atoms with Gasteiger partial charge in [0.25, 0.3) is 11.4 Å². The highest BCUT2D eigenvalue weighted by atomic mass is 128. The molecule has 42 heavy (non-hydrogen) atoms. The molecule has 0 fully saturated rings. The molecule has 3 aromatic carbocycles. The molecule has 3 aromatic rings. The van der Waals surface area contributed by atoms with E-state index in [1.54, 1.807) is 45.9 Å². The molecule has 0 saturated carbocycles. The van der Waals surface area contributed by atoms with Gasteiger partial charge in [-0.05, 0) is 93.6 Å². The summed E-state index contributed by atoms with van der Waals surface area (Å²) in [6, 6.07) is 10.5. The van der Waals surface area contributed by atoms with Gasteiger partial charge in [-0.3, -0.25) is 20.2 Å². The quantitative estimate of drug-likeness (QED) is 0.127. The Morgan fingerprint density at radius 3 is 1.48 bits per heavy atom. The van der Waals surface area contributed by atoms with Crippen molar-refractivity contribution >= 4 is 90.5 Å². The van der Waals surface area contributed by atoms with Crippen molar-refractivity contribution in [2.75, 3.05) is 0 Å². The molecule has 0 amide bonds. The van der Waals surface area contributed by atoms with Crippen LogP contribution in [0.15, 0.2) is 42.5 Å². The van der Waals surface area contributed by atoms with Crippen molar-refractivity contribution < 1.29 is 39.5 Å². The maximum atomic E-state index is 10.7. The van der Waals surface area contributed by atoms with Crippen LogP contribution in [0.25, 0.3) is 0 Å². The summed E-state index contributed by atoms with van der Waals surface area (Å²) in [6.07, 6.45) is 0. The van der Waals surface area contributed by atoms with Gasteiger partial charge in [-0.25, -0.2) is 14.4 Å². The fourth-order valence-electron chi connectivity index (χ4n) is 3.21. The average Bonchev–Trinajstić information content (AvgIpc) is 2.89. The molecule has 0 aliphatic rings. The summed E-state index contributed by atoms with van der Waals surface area (Å²) < 4.78 is 0. The van der Waals surface area contributed by atoms with Gasteiger partial charge in [-0.1, -0.05) is 12.1 Å². The fourth-order valence-corrected chi connectivity index (χ4v) is 3.21. The number of halogens is 3. The normalized spacial score (nSPS) is 9.24. The van der Waals surface area contributed by atoms with Gasteiger partial charge in [-0.15, -0.1) is 24.0 Å². The largest absolute Gasteiger partial charge is 0.478 e. The highest BCUT2D eigenvalue weighted by molar-refractivity contribution is 15.0. The summed E-state index contributed by atoms with van der Waals surface area (Å²) in [5, 5.41) is 47.2. The molecule has 0 unspecified atom stereocenters. The average molecular weight is 922 g/mol. The van der Waals surface area contributed by atoms with Gasteiger partial charge in [0.2, 0.25) is 0 Å². The van der Waals surface area contributed by atoms with E-state index >= 15 is 0 Å². The zero-order chi connectivity index (χ0) is 32.2. The van der Waals surface area contributed by atoms with Crippen LogP contribution in [0.5, 0.6) is 0 Å². The number of nitro groups is 2. The van der Waals surface area contributed by atoms with Gasteiger partial charge in [0.1, 0.15) is 11.1 Å². The zero-order valence-corrected chi connectivity index (χ0v) is 29.9. The van der Waals surface area contributed by atoms with Crippen LogP contribution in [0, 0.1) is 61.8 Å². The van der Waals surface area contributed by atoms with E-state index in [4.69, 9.17) is 15.3 Å². The molecule has 0 atom stereocenters. The summed E-state index contributed by atoms with van der Waals surface area (Å²) in [5.41, 5.74) is 3.83. The van der Waals surface area contributed by atoms with Crippen LogP contribution in [0.2, 0.25) is 0 Å². The highest BCUT2D eigenvalue weighted by Crippen LogP contribution is 2.26. The molecule has 3 rings (SSSR count). The second kappa shape index (κ2) is 19.3. The van der Waals surface area contributed by atoms with E-state index in [-0.39, 0.29) is 46.5 Å². The van der Waals surface area contributed by atoms with Crippen molar-refractivity contribution in [3.8, 4) is 0 Å². The number of carbonyl (C=O) groups is 3. The lowest BCUT2D eigenvalue weighted by Crippen LogP contribution is -2.05. The van der Waals surface area contributed by atoms with E-state index < -0.39 is 27.8 Å². The third kappa shape index (κ3) is 12.1. The molecule has 228 valence electrons. The number of aromatic carboxylic acids is 3. The Morgan fingerprint density at radius 2 is 1.07 bits per heavy atom. The first-order valence-corrected chi connectivity index (χ1v) is 17.7. The van der Waals surface area contributed by atoms with Crippen LogP contribution in [0.1, 0.15) is 64.5 Å². The number of hydrogen-bond donors (Lipinski definition) is 3. The molecule has 3 N–H and O–H groups in total. The molecule has 15 heteroatoms. The Labute approximate surface area is 282 Å². The first-order chi connectivity index (χ1) is 19.0. The second-order valence-electron chi connectivity index (χ2n) is 8.59. The van der Waals surface area contributed by atoms with Crippen LogP contribution in [0.4, 0.5) is 11.4 Å². The van der Waals surface area contributed by atoms with Gasteiger partial charge >= 0.3 is 17.9 Å². The molecule has 0 aromatic heterocycles. The Bertz CT molecular complexity index is 1420. The van der Waals surface area contributed by atoms with Crippen LogP contribution in [-0.2, 0) is 0 Å². The lowest BCUT2D eigenvalue weighted by atomic mass is 10.0. The minimum atomic E-state index is -1.28. The smallest absolute Gasteiger partial charge is 0.342 e. The summed E-state index contributed by atoms with van der Waals surface area (Å²) >= 11 is 4.24. The fraction of sp³-hybridized carbons (Fsp3) is 0.222. The lowest BCUT2D eigenvalue weighted by Gasteiger charge is -2.03. The molecule has 0 aliphatic carbocycles. The lowest BCUT2D eigenvalue weighted by molar-refractivity contribution is -0.385. The third-order valence-electron chi connectivity index (χ3n) is 5.91. The van der Waals surface area contributed by atoms with Gasteiger partial charge in [-0.2, -0.15) is 0 Å². The molecule has 0 heterocycles. The third-order valence-corrected chi connectivity index (χ3v) is 5.91. The van der Waals surface area contributed by atoms with Crippen LogP contribution < -0.4 is 0 Å². The number of nitrogens with zero attached hydrogens (tertiary/aromatic N) is 2.